The molecule has 0 aromatic rings. The maximum absolute atomic E-state index is 6.08. The molecule has 0 saturated carbocycles. The van der Waals surface area contributed by atoms with Gasteiger partial charge in [0.15, 0.2) is 0 Å². The summed E-state index contributed by atoms with van der Waals surface area (Å²) in [6.45, 7) is 4.53. The van der Waals surface area contributed by atoms with E-state index in [-0.39, 0.29) is 7.27 Å². The van der Waals surface area contributed by atoms with Crippen molar-refractivity contribution in [2.45, 2.75) is 38.0 Å². The lowest BCUT2D eigenvalue weighted by molar-refractivity contribution is 0.777. The zero-order valence-corrected chi connectivity index (χ0v) is 7.04. The maximum Gasteiger partial charge on any atom is -0.00395 e. The Morgan fingerprint density at radius 3 is 1.75 bits per heavy atom. The summed E-state index contributed by atoms with van der Waals surface area (Å²) in [6.07, 6.45) is 2.72. The molecule has 2 atom stereocenters. The Balaban J connectivity index is 2.44. The zero-order valence-electron chi connectivity index (χ0n) is 5.39. The van der Waals surface area contributed by atoms with Crippen LogP contribution in [0.15, 0.2) is 0 Å². The highest BCUT2D eigenvalue weighted by Gasteiger charge is 2.27. The van der Waals surface area contributed by atoms with Gasteiger partial charge in [0.05, 0.1) is 0 Å². The average Bonchev–Trinajstić information content (AvgIpc) is 1.98. The number of hydrogen-bond acceptors (Lipinski definition) is 0. The van der Waals surface area contributed by atoms with Crippen molar-refractivity contribution in [2.24, 2.45) is 0 Å². The molecule has 48 valence electrons. The second kappa shape index (κ2) is 2.54. The van der Waals surface area contributed by atoms with Crippen LogP contribution in [0.2, 0.25) is 0 Å². The van der Waals surface area contributed by atoms with Crippen molar-refractivity contribution in [2.75, 3.05) is 0 Å². The third-order valence-electron chi connectivity index (χ3n) is 1.84. The van der Waals surface area contributed by atoms with Gasteiger partial charge < -0.3 is 0 Å². The van der Waals surface area contributed by atoms with Crippen LogP contribution >= 0.6 is 18.5 Å². The fourth-order valence-corrected chi connectivity index (χ4v) is 3.41. The fraction of sp³-hybridized carbons (Fsp3) is 1.00. The predicted octanol–water partition coefficient (Wildman–Crippen LogP) is 3.19. The second-order valence-electron chi connectivity index (χ2n) is 2.62. The van der Waals surface area contributed by atoms with Gasteiger partial charge >= 0.3 is 0 Å². The van der Waals surface area contributed by atoms with Crippen LogP contribution in [0.5, 0.6) is 0 Å². The van der Waals surface area contributed by atoms with Crippen LogP contribution in [0.3, 0.4) is 0 Å². The van der Waals surface area contributed by atoms with Gasteiger partial charge in [0.1, 0.15) is 0 Å². The Bertz CT molecular complexity index is 74.6. The summed E-state index contributed by atoms with van der Waals surface area (Å²) in [4.78, 5) is 0. The Morgan fingerprint density at radius 2 is 1.62 bits per heavy atom. The molecule has 0 spiro atoms. The first-order valence-corrected chi connectivity index (χ1v) is 5.54. The molecule has 1 fully saturated rings. The molecular weight excluding hydrogens is 138 g/mol. The minimum atomic E-state index is -0.115. The van der Waals surface area contributed by atoms with Crippen molar-refractivity contribution in [1.29, 1.82) is 0 Å². The van der Waals surface area contributed by atoms with Gasteiger partial charge in [0.2, 0.25) is 0 Å². The highest BCUT2D eigenvalue weighted by atomic mass is 35.7. The van der Waals surface area contributed by atoms with E-state index in [0.29, 0.717) is 0 Å². The first kappa shape index (κ1) is 6.83. The van der Waals surface area contributed by atoms with Crippen LogP contribution in [0.1, 0.15) is 26.7 Å². The van der Waals surface area contributed by atoms with E-state index in [0.717, 1.165) is 11.3 Å². The van der Waals surface area contributed by atoms with Gasteiger partial charge in [-0.3, -0.25) is 0 Å². The number of rotatable bonds is 0. The third-order valence-corrected chi connectivity index (χ3v) is 6.04. The second-order valence-corrected chi connectivity index (χ2v) is 6.24. The molecule has 0 radical (unpaired) electrons. The molecule has 0 bridgehead atoms. The minimum Gasteiger partial charge on any atom is -0.0959 e. The summed E-state index contributed by atoms with van der Waals surface area (Å²) in [6, 6.07) is 0. The van der Waals surface area contributed by atoms with Gasteiger partial charge in [0, 0.05) is 0 Å². The van der Waals surface area contributed by atoms with Crippen LogP contribution in [0.4, 0.5) is 0 Å². The zero-order chi connectivity index (χ0) is 6.15. The lowest BCUT2D eigenvalue weighted by Gasteiger charge is -2.09. The predicted molar refractivity (Wildman–Crippen MR) is 40.9 cm³/mol. The van der Waals surface area contributed by atoms with E-state index in [1.807, 2.05) is 0 Å². The van der Waals surface area contributed by atoms with Crippen molar-refractivity contribution in [3.05, 3.63) is 0 Å². The minimum absolute atomic E-state index is 0.115. The van der Waals surface area contributed by atoms with Gasteiger partial charge in [-0.05, 0) is 31.4 Å². The molecule has 1 saturated heterocycles. The molecule has 0 aromatic carbocycles. The highest BCUT2D eigenvalue weighted by molar-refractivity contribution is 7.85. The quantitative estimate of drug-likeness (QED) is 0.466. The average molecular weight is 151 g/mol. The Hall–Kier alpha value is 0.720. The van der Waals surface area contributed by atoms with Crippen molar-refractivity contribution in [3.63, 3.8) is 0 Å². The largest absolute Gasteiger partial charge is 0.0959 e. The summed E-state index contributed by atoms with van der Waals surface area (Å²) in [7, 11) is -0.115. The summed E-state index contributed by atoms with van der Waals surface area (Å²) in [5.74, 6) is 0. The van der Waals surface area contributed by atoms with Gasteiger partial charge in [-0.1, -0.05) is 25.1 Å². The molecule has 1 aliphatic rings. The summed E-state index contributed by atoms with van der Waals surface area (Å²) < 4.78 is 0. The van der Waals surface area contributed by atoms with E-state index in [4.69, 9.17) is 11.2 Å². The van der Waals surface area contributed by atoms with Crippen molar-refractivity contribution in [3.8, 4) is 0 Å². The Labute approximate surface area is 57.2 Å². The Kier molecular flexibility index (Phi) is 2.17. The third kappa shape index (κ3) is 1.17. The molecule has 0 unspecified atom stereocenters. The van der Waals surface area contributed by atoms with Gasteiger partial charge in [-0.15, -0.1) is 0 Å². The van der Waals surface area contributed by atoms with E-state index in [1.54, 1.807) is 0 Å². The van der Waals surface area contributed by atoms with Gasteiger partial charge in [-0.25, -0.2) is 0 Å². The van der Waals surface area contributed by atoms with Crippen LogP contribution in [0, 0.1) is 0 Å². The number of hydrogen-bond donors (Lipinski definition) is 0. The summed E-state index contributed by atoms with van der Waals surface area (Å²) in [5.41, 5.74) is 1.64. The molecule has 1 rings (SSSR count). The molecular formula is C6H12ClP. The lowest BCUT2D eigenvalue weighted by atomic mass is 10.2. The molecule has 0 nitrogen and oxygen atoms in total. The van der Waals surface area contributed by atoms with Crippen LogP contribution in [0.25, 0.3) is 0 Å². The standard InChI is InChI=1S/C6H12ClP/c1-5-3-4-6(2)8(5)7/h5-6H,3-4H2,1-2H3/t5-,6-/m1/s1. The van der Waals surface area contributed by atoms with Gasteiger partial charge in [-0.2, -0.15) is 0 Å². The molecule has 0 N–H and O–H groups in total. The molecule has 2 heteroatoms. The van der Waals surface area contributed by atoms with Gasteiger partial charge in [0.25, 0.3) is 0 Å². The van der Waals surface area contributed by atoms with Crippen LogP contribution < -0.4 is 0 Å². The molecule has 8 heavy (non-hydrogen) atoms. The normalized spacial score (nSPS) is 40.9. The van der Waals surface area contributed by atoms with E-state index in [9.17, 15) is 0 Å². The van der Waals surface area contributed by atoms with E-state index < -0.39 is 0 Å². The number of halogens is 1. The molecule has 0 aromatic heterocycles. The lowest BCUT2D eigenvalue weighted by Crippen LogP contribution is -1.88. The first-order valence-electron chi connectivity index (χ1n) is 3.16. The topological polar surface area (TPSA) is 0 Å². The fourth-order valence-electron chi connectivity index (χ4n) is 1.16. The Morgan fingerprint density at radius 1 is 1.25 bits per heavy atom. The SMILES string of the molecule is C[C@@H]1CC[C@@H](C)P1Cl. The molecule has 0 aliphatic carbocycles. The van der Waals surface area contributed by atoms with Crippen molar-refractivity contribution < 1.29 is 0 Å². The summed E-state index contributed by atoms with van der Waals surface area (Å²) >= 11 is 6.08. The van der Waals surface area contributed by atoms with Crippen LogP contribution in [-0.4, -0.2) is 11.3 Å². The summed E-state index contributed by atoms with van der Waals surface area (Å²) in [5, 5.41) is 0. The van der Waals surface area contributed by atoms with Crippen LogP contribution in [-0.2, 0) is 0 Å². The first-order chi connectivity index (χ1) is 3.72. The monoisotopic (exact) mass is 150 g/mol. The van der Waals surface area contributed by atoms with E-state index >= 15 is 0 Å². The van der Waals surface area contributed by atoms with E-state index in [1.165, 1.54) is 12.8 Å². The molecule has 0 amide bonds. The van der Waals surface area contributed by atoms with E-state index in [2.05, 4.69) is 13.8 Å². The maximum atomic E-state index is 6.08. The van der Waals surface area contributed by atoms with Crippen molar-refractivity contribution in [1.82, 2.24) is 0 Å². The highest BCUT2D eigenvalue weighted by Crippen LogP contribution is 2.58. The molecule has 1 heterocycles. The molecule has 1 aliphatic heterocycles. The smallest absolute Gasteiger partial charge is 0.00395 e. The van der Waals surface area contributed by atoms with Crippen molar-refractivity contribution >= 4 is 18.5 Å².